The molecule has 0 aliphatic rings. The van der Waals surface area contributed by atoms with Gasteiger partial charge in [-0.2, -0.15) is 0 Å². The van der Waals surface area contributed by atoms with Crippen LogP contribution >= 0.6 is 0 Å². The number of methoxy groups -OCH3 is 3. The van der Waals surface area contributed by atoms with Crippen molar-refractivity contribution < 1.29 is 28.5 Å². The average Bonchev–Trinajstić information content (AvgIpc) is 2.59. The minimum absolute atomic E-state index is 0.0890. The fraction of sp³-hybridized carbons (Fsp3) is 0.278. The number of hydrogen-bond donors (Lipinski definition) is 1. The van der Waals surface area contributed by atoms with Crippen molar-refractivity contribution in [3.05, 3.63) is 53.3 Å². The van der Waals surface area contributed by atoms with Crippen molar-refractivity contribution in [1.29, 1.82) is 0 Å². The molecular weight excluding hydrogens is 315 g/mol. The van der Waals surface area contributed by atoms with Crippen LogP contribution in [0.25, 0.3) is 0 Å². The van der Waals surface area contributed by atoms with Crippen LogP contribution in [0, 0.1) is 5.82 Å². The molecule has 0 fully saturated rings. The number of halogens is 1. The Morgan fingerprint density at radius 1 is 1.00 bits per heavy atom. The molecule has 128 valence electrons. The van der Waals surface area contributed by atoms with Crippen LogP contribution in [-0.2, 0) is 11.2 Å². The van der Waals surface area contributed by atoms with Gasteiger partial charge >= 0.3 is 5.97 Å². The van der Waals surface area contributed by atoms with Gasteiger partial charge in [0.05, 0.1) is 27.2 Å². The van der Waals surface area contributed by atoms with E-state index in [-0.39, 0.29) is 6.42 Å². The van der Waals surface area contributed by atoms with E-state index in [1.807, 2.05) is 0 Å². The Morgan fingerprint density at radius 2 is 1.62 bits per heavy atom. The van der Waals surface area contributed by atoms with Crippen molar-refractivity contribution >= 4 is 5.97 Å². The average molecular weight is 334 g/mol. The van der Waals surface area contributed by atoms with Gasteiger partial charge in [0.15, 0.2) is 11.5 Å². The van der Waals surface area contributed by atoms with E-state index in [4.69, 9.17) is 14.2 Å². The molecular formula is C18H19FO5. The molecule has 0 heterocycles. The standard InChI is InChI=1S/C18H19FO5/c1-22-15-7-5-13(19)8-12(15)9-14(18(20)21)11-4-6-16(23-2)17(10-11)24-3/h4-8,10,14H,9H2,1-3H3,(H,20,21). The highest BCUT2D eigenvalue weighted by molar-refractivity contribution is 5.77. The van der Waals surface area contributed by atoms with Crippen LogP contribution < -0.4 is 14.2 Å². The number of carboxylic acids is 1. The van der Waals surface area contributed by atoms with Gasteiger partial charge in [-0.25, -0.2) is 4.39 Å². The van der Waals surface area contributed by atoms with E-state index < -0.39 is 17.7 Å². The number of hydrogen-bond acceptors (Lipinski definition) is 4. The minimum atomic E-state index is -1.02. The molecule has 6 heteroatoms. The zero-order valence-electron chi connectivity index (χ0n) is 13.7. The lowest BCUT2D eigenvalue weighted by Gasteiger charge is -2.17. The summed E-state index contributed by atoms with van der Waals surface area (Å²) in [5, 5.41) is 9.60. The van der Waals surface area contributed by atoms with Gasteiger partial charge in [0.25, 0.3) is 0 Å². The maximum absolute atomic E-state index is 13.5. The van der Waals surface area contributed by atoms with E-state index in [2.05, 4.69) is 0 Å². The molecule has 0 bridgehead atoms. The molecule has 0 aliphatic carbocycles. The highest BCUT2D eigenvalue weighted by Gasteiger charge is 2.23. The van der Waals surface area contributed by atoms with Crippen molar-refractivity contribution in [2.45, 2.75) is 12.3 Å². The van der Waals surface area contributed by atoms with Crippen LogP contribution in [-0.4, -0.2) is 32.4 Å². The van der Waals surface area contributed by atoms with Crippen molar-refractivity contribution in [2.24, 2.45) is 0 Å². The van der Waals surface area contributed by atoms with Crippen molar-refractivity contribution in [3.63, 3.8) is 0 Å². The van der Waals surface area contributed by atoms with Gasteiger partial charge in [0, 0.05) is 0 Å². The maximum Gasteiger partial charge on any atom is 0.311 e. The topological polar surface area (TPSA) is 65.0 Å². The van der Waals surface area contributed by atoms with E-state index in [0.717, 1.165) is 0 Å². The smallest absolute Gasteiger partial charge is 0.311 e. The van der Waals surface area contributed by atoms with Gasteiger partial charge in [0.2, 0.25) is 0 Å². The third-order valence-corrected chi connectivity index (χ3v) is 3.77. The van der Waals surface area contributed by atoms with Crippen molar-refractivity contribution in [3.8, 4) is 17.2 Å². The fourth-order valence-corrected chi connectivity index (χ4v) is 2.54. The zero-order valence-corrected chi connectivity index (χ0v) is 13.7. The Balaban J connectivity index is 2.41. The van der Waals surface area contributed by atoms with E-state index >= 15 is 0 Å². The predicted octanol–water partition coefficient (Wildman–Crippen LogP) is 3.26. The minimum Gasteiger partial charge on any atom is -0.496 e. The van der Waals surface area contributed by atoms with Gasteiger partial charge in [-0.1, -0.05) is 6.07 Å². The number of carboxylic acid groups (broad SMARTS) is 1. The molecule has 0 aliphatic heterocycles. The zero-order chi connectivity index (χ0) is 17.7. The Morgan fingerprint density at radius 3 is 2.21 bits per heavy atom. The largest absolute Gasteiger partial charge is 0.496 e. The first-order valence-electron chi connectivity index (χ1n) is 7.27. The first kappa shape index (κ1) is 17.6. The molecule has 1 unspecified atom stereocenters. The van der Waals surface area contributed by atoms with Gasteiger partial charge in [-0.05, 0) is 47.9 Å². The number of rotatable bonds is 7. The lowest BCUT2D eigenvalue weighted by Crippen LogP contribution is -2.15. The Labute approximate surface area is 139 Å². The van der Waals surface area contributed by atoms with E-state index in [1.165, 1.54) is 39.5 Å². The van der Waals surface area contributed by atoms with Crippen molar-refractivity contribution in [2.75, 3.05) is 21.3 Å². The SMILES string of the molecule is COc1ccc(F)cc1CC(C(=O)O)c1ccc(OC)c(OC)c1. The number of benzene rings is 2. The monoisotopic (exact) mass is 334 g/mol. The maximum atomic E-state index is 13.5. The number of carbonyl (C=O) groups is 1. The van der Waals surface area contributed by atoms with Crippen molar-refractivity contribution in [1.82, 2.24) is 0 Å². The van der Waals surface area contributed by atoms with Crippen LogP contribution in [0.3, 0.4) is 0 Å². The Bertz CT molecular complexity index is 729. The lowest BCUT2D eigenvalue weighted by molar-refractivity contribution is -0.138. The molecule has 0 spiro atoms. The molecule has 24 heavy (non-hydrogen) atoms. The molecule has 1 atom stereocenters. The molecule has 0 saturated carbocycles. The third-order valence-electron chi connectivity index (χ3n) is 3.77. The molecule has 5 nitrogen and oxygen atoms in total. The molecule has 2 aromatic carbocycles. The summed E-state index contributed by atoms with van der Waals surface area (Å²) in [7, 11) is 4.44. The van der Waals surface area contributed by atoms with Crippen LogP contribution in [0.15, 0.2) is 36.4 Å². The molecule has 0 aromatic heterocycles. The molecule has 2 aromatic rings. The normalized spacial score (nSPS) is 11.7. The first-order chi connectivity index (χ1) is 11.5. The highest BCUT2D eigenvalue weighted by Crippen LogP contribution is 2.33. The van der Waals surface area contributed by atoms with Crippen LogP contribution in [0.4, 0.5) is 4.39 Å². The third kappa shape index (κ3) is 3.76. The van der Waals surface area contributed by atoms with E-state index in [9.17, 15) is 14.3 Å². The molecule has 0 radical (unpaired) electrons. The Kier molecular flexibility index (Phi) is 5.63. The molecule has 1 N–H and O–H groups in total. The summed E-state index contributed by atoms with van der Waals surface area (Å²) in [6.07, 6.45) is 0.0890. The highest BCUT2D eigenvalue weighted by atomic mass is 19.1. The van der Waals surface area contributed by atoms with E-state index in [1.54, 1.807) is 18.2 Å². The summed E-state index contributed by atoms with van der Waals surface area (Å²) >= 11 is 0. The van der Waals surface area contributed by atoms with Crippen LogP contribution in [0.2, 0.25) is 0 Å². The summed E-state index contributed by atoms with van der Waals surface area (Å²) < 4.78 is 29.1. The fourth-order valence-electron chi connectivity index (χ4n) is 2.54. The molecule has 0 saturated heterocycles. The second-order valence-corrected chi connectivity index (χ2v) is 5.17. The van der Waals surface area contributed by atoms with Gasteiger partial charge in [-0.3, -0.25) is 4.79 Å². The second kappa shape index (κ2) is 7.68. The van der Waals surface area contributed by atoms with Crippen LogP contribution in [0.1, 0.15) is 17.0 Å². The summed E-state index contributed by atoms with van der Waals surface area (Å²) in [6, 6.07) is 8.96. The summed E-state index contributed by atoms with van der Waals surface area (Å²) in [5.41, 5.74) is 1.02. The van der Waals surface area contributed by atoms with Gasteiger partial charge in [0.1, 0.15) is 11.6 Å². The summed E-state index contributed by atoms with van der Waals surface area (Å²) in [4.78, 5) is 11.7. The second-order valence-electron chi connectivity index (χ2n) is 5.17. The molecule has 0 amide bonds. The predicted molar refractivity (Wildman–Crippen MR) is 86.6 cm³/mol. The van der Waals surface area contributed by atoms with Gasteiger partial charge < -0.3 is 19.3 Å². The van der Waals surface area contributed by atoms with E-state index in [0.29, 0.717) is 28.4 Å². The number of ether oxygens (including phenoxy) is 3. The molecule has 2 rings (SSSR count). The summed E-state index contributed by atoms with van der Waals surface area (Å²) in [5.74, 6) is -0.944. The quantitative estimate of drug-likeness (QED) is 0.842. The summed E-state index contributed by atoms with van der Waals surface area (Å²) in [6.45, 7) is 0. The Hall–Kier alpha value is -2.76. The van der Waals surface area contributed by atoms with Crippen LogP contribution in [0.5, 0.6) is 17.2 Å². The first-order valence-corrected chi connectivity index (χ1v) is 7.27. The van der Waals surface area contributed by atoms with Gasteiger partial charge in [-0.15, -0.1) is 0 Å². The number of aliphatic carboxylic acids is 1. The lowest BCUT2D eigenvalue weighted by atomic mass is 9.91.